The second-order valence-corrected chi connectivity index (χ2v) is 9.71. The largest absolute Gasteiger partial charge is 0.490 e. The molecule has 6 nitrogen and oxygen atoms in total. The molecule has 0 saturated carbocycles. The SMILES string of the molecule is CN1CCC(Oc2ccc(COc3ccccc3NC(=O)c3cc4sccc4n3C)cc2)CC1. The molecule has 0 aliphatic carbocycles. The molecule has 2 aromatic heterocycles. The van der Waals surface area contributed by atoms with E-state index >= 15 is 0 Å². The van der Waals surface area contributed by atoms with Gasteiger partial charge in [0.2, 0.25) is 0 Å². The molecular weight excluding hydrogens is 446 g/mol. The van der Waals surface area contributed by atoms with Gasteiger partial charge in [-0.3, -0.25) is 4.79 Å². The molecule has 1 aliphatic heterocycles. The molecule has 1 amide bonds. The Hall–Kier alpha value is -3.29. The Labute approximate surface area is 203 Å². The predicted molar refractivity (Wildman–Crippen MR) is 137 cm³/mol. The monoisotopic (exact) mass is 475 g/mol. The lowest BCUT2D eigenvalue weighted by Crippen LogP contribution is -2.35. The van der Waals surface area contributed by atoms with Gasteiger partial charge in [0.25, 0.3) is 5.91 Å². The lowest BCUT2D eigenvalue weighted by molar-refractivity contribution is 0.101. The summed E-state index contributed by atoms with van der Waals surface area (Å²) < 4.78 is 15.2. The van der Waals surface area contributed by atoms with Gasteiger partial charge < -0.3 is 24.3 Å². The molecule has 2 aromatic carbocycles. The van der Waals surface area contributed by atoms with Gasteiger partial charge in [0.05, 0.1) is 15.9 Å². The van der Waals surface area contributed by atoms with E-state index in [0.717, 1.165) is 47.5 Å². The van der Waals surface area contributed by atoms with Crippen LogP contribution in [0.2, 0.25) is 0 Å². The van der Waals surface area contributed by atoms with Gasteiger partial charge in [-0.25, -0.2) is 0 Å². The number of benzene rings is 2. The van der Waals surface area contributed by atoms with Crippen molar-refractivity contribution < 1.29 is 14.3 Å². The number of rotatable bonds is 7. The van der Waals surface area contributed by atoms with Crippen LogP contribution in [0, 0.1) is 0 Å². The lowest BCUT2D eigenvalue weighted by atomic mass is 10.1. The number of thiophene rings is 1. The summed E-state index contributed by atoms with van der Waals surface area (Å²) in [6, 6.07) is 19.5. The van der Waals surface area contributed by atoms with Crippen molar-refractivity contribution in [2.24, 2.45) is 7.05 Å². The van der Waals surface area contributed by atoms with Crippen LogP contribution in [0.15, 0.2) is 66.0 Å². The Morgan fingerprint density at radius 3 is 2.59 bits per heavy atom. The van der Waals surface area contributed by atoms with E-state index < -0.39 is 0 Å². The molecule has 1 N–H and O–H groups in total. The van der Waals surface area contributed by atoms with Crippen molar-refractivity contribution in [3.05, 3.63) is 77.3 Å². The molecule has 0 spiro atoms. The van der Waals surface area contributed by atoms with Gasteiger partial charge in [0.15, 0.2) is 0 Å². The van der Waals surface area contributed by atoms with Crippen molar-refractivity contribution in [3.63, 3.8) is 0 Å². The molecule has 0 unspecified atom stereocenters. The highest BCUT2D eigenvalue weighted by Crippen LogP contribution is 2.28. The summed E-state index contributed by atoms with van der Waals surface area (Å²) in [5.41, 5.74) is 3.37. The summed E-state index contributed by atoms with van der Waals surface area (Å²) >= 11 is 1.63. The van der Waals surface area contributed by atoms with Gasteiger partial charge in [-0.1, -0.05) is 24.3 Å². The lowest BCUT2D eigenvalue weighted by Gasteiger charge is -2.29. The van der Waals surface area contributed by atoms with E-state index in [1.165, 1.54) is 0 Å². The highest BCUT2D eigenvalue weighted by atomic mass is 32.1. The van der Waals surface area contributed by atoms with Crippen LogP contribution in [0.25, 0.3) is 10.2 Å². The average Bonchev–Trinajstić information content (AvgIpc) is 3.44. The number of hydrogen-bond acceptors (Lipinski definition) is 5. The Balaban J connectivity index is 1.20. The van der Waals surface area contributed by atoms with Crippen LogP contribution < -0.4 is 14.8 Å². The van der Waals surface area contributed by atoms with Crippen LogP contribution in [0.4, 0.5) is 5.69 Å². The number of piperidine rings is 1. The van der Waals surface area contributed by atoms with Crippen LogP contribution in [0.5, 0.6) is 11.5 Å². The quantitative estimate of drug-likeness (QED) is 0.381. The number of aromatic nitrogens is 1. The Morgan fingerprint density at radius 2 is 1.82 bits per heavy atom. The van der Waals surface area contributed by atoms with Crippen molar-refractivity contribution in [1.82, 2.24) is 9.47 Å². The molecule has 7 heteroatoms. The molecule has 1 saturated heterocycles. The van der Waals surface area contributed by atoms with Gasteiger partial charge in [-0.2, -0.15) is 0 Å². The Bertz CT molecular complexity index is 1270. The number of hydrogen-bond donors (Lipinski definition) is 1. The number of para-hydroxylation sites is 2. The van der Waals surface area contributed by atoms with Gasteiger partial charge in [-0.15, -0.1) is 11.3 Å². The summed E-state index contributed by atoms with van der Waals surface area (Å²) in [4.78, 5) is 15.3. The molecule has 4 aromatic rings. The minimum Gasteiger partial charge on any atom is -0.490 e. The highest BCUT2D eigenvalue weighted by Gasteiger charge is 2.18. The summed E-state index contributed by atoms with van der Waals surface area (Å²) in [5, 5.41) is 5.04. The number of anilines is 1. The third-order valence-electron chi connectivity index (χ3n) is 6.32. The van der Waals surface area contributed by atoms with Gasteiger partial charge in [0.1, 0.15) is 29.9 Å². The summed E-state index contributed by atoms with van der Waals surface area (Å²) in [6.07, 6.45) is 2.41. The van der Waals surface area contributed by atoms with Crippen molar-refractivity contribution in [2.45, 2.75) is 25.6 Å². The average molecular weight is 476 g/mol. The number of carbonyl (C=O) groups excluding carboxylic acids is 1. The third-order valence-corrected chi connectivity index (χ3v) is 7.17. The van der Waals surface area contributed by atoms with E-state index in [0.29, 0.717) is 23.7 Å². The van der Waals surface area contributed by atoms with E-state index in [9.17, 15) is 4.79 Å². The zero-order chi connectivity index (χ0) is 23.5. The fraction of sp³-hybridized carbons (Fsp3) is 0.296. The number of carbonyl (C=O) groups is 1. The van der Waals surface area contributed by atoms with Crippen LogP contribution in [0.3, 0.4) is 0 Å². The minimum atomic E-state index is -0.155. The molecule has 1 aliphatic rings. The van der Waals surface area contributed by atoms with Crippen molar-refractivity contribution in [3.8, 4) is 11.5 Å². The van der Waals surface area contributed by atoms with E-state index in [-0.39, 0.29) is 12.0 Å². The molecule has 5 rings (SSSR count). The second-order valence-electron chi connectivity index (χ2n) is 8.76. The first kappa shape index (κ1) is 22.5. The third kappa shape index (κ3) is 4.95. The van der Waals surface area contributed by atoms with Crippen LogP contribution >= 0.6 is 11.3 Å². The number of amides is 1. The highest BCUT2D eigenvalue weighted by molar-refractivity contribution is 7.17. The van der Waals surface area contributed by atoms with Gasteiger partial charge in [0, 0.05) is 20.1 Å². The van der Waals surface area contributed by atoms with E-state index in [2.05, 4.69) is 17.3 Å². The van der Waals surface area contributed by atoms with Crippen molar-refractivity contribution >= 4 is 33.1 Å². The molecule has 34 heavy (non-hydrogen) atoms. The fourth-order valence-corrected chi connectivity index (χ4v) is 5.12. The number of aryl methyl sites for hydroxylation is 1. The maximum absolute atomic E-state index is 12.9. The number of nitrogens with zero attached hydrogens (tertiary/aromatic N) is 2. The maximum atomic E-state index is 12.9. The Morgan fingerprint density at radius 1 is 1.06 bits per heavy atom. The molecular formula is C27H29N3O3S. The molecule has 0 bridgehead atoms. The number of ether oxygens (including phenoxy) is 2. The zero-order valence-electron chi connectivity index (χ0n) is 19.5. The van der Waals surface area contributed by atoms with E-state index in [1.807, 2.05) is 77.7 Å². The zero-order valence-corrected chi connectivity index (χ0v) is 20.3. The first-order valence-corrected chi connectivity index (χ1v) is 12.4. The number of nitrogens with one attached hydrogen (secondary N) is 1. The number of likely N-dealkylation sites (tertiary alicyclic amines) is 1. The summed E-state index contributed by atoms with van der Waals surface area (Å²) in [5.74, 6) is 1.38. The first-order chi connectivity index (χ1) is 16.6. The Kier molecular flexibility index (Phi) is 6.56. The smallest absolute Gasteiger partial charge is 0.272 e. The van der Waals surface area contributed by atoms with Crippen molar-refractivity contribution in [1.29, 1.82) is 0 Å². The molecule has 176 valence electrons. The fourth-order valence-electron chi connectivity index (χ4n) is 4.27. The molecule has 0 atom stereocenters. The van der Waals surface area contributed by atoms with Crippen LogP contribution in [0.1, 0.15) is 28.9 Å². The van der Waals surface area contributed by atoms with Gasteiger partial charge >= 0.3 is 0 Å². The van der Waals surface area contributed by atoms with E-state index in [4.69, 9.17) is 9.47 Å². The molecule has 3 heterocycles. The van der Waals surface area contributed by atoms with Gasteiger partial charge in [-0.05, 0) is 67.2 Å². The second kappa shape index (κ2) is 9.91. The maximum Gasteiger partial charge on any atom is 0.272 e. The predicted octanol–water partition coefficient (Wildman–Crippen LogP) is 5.54. The number of fused-ring (bicyclic) bond motifs is 1. The van der Waals surface area contributed by atoms with E-state index in [1.54, 1.807) is 11.3 Å². The topological polar surface area (TPSA) is 55.7 Å². The first-order valence-electron chi connectivity index (χ1n) is 11.6. The van der Waals surface area contributed by atoms with Crippen molar-refractivity contribution in [2.75, 3.05) is 25.5 Å². The summed E-state index contributed by atoms with van der Waals surface area (Å²) in [6.45, 7) is 2.56. The van der Waals surface area contributed by atoms with Crippen LogP contribution in [-0.2, 0) is 13.7 Å². The molecule has 1 fully saturated rings. The minimum absolute atomic E-state index is 0.155. The normalized spacial score (nSPS) is 14.9. The molecule has 0 radical (unpaired) electrons. The summed E-state index contributed by atoms with van der Waals surface area (Å²) in [7, 11) is 4.06. The standard InChI is InChI=1S/C27H29N3O3S/c1-29-14-11-21(12-15-29)33-20-9-7-19(8-10-20)18-32-25-6-4-3-5-22(25)28-27(31)24-17-26-23(30(24)2)13-16-34-26/h3-10,13,16-17,21H,11-12,14-15,18H2,1-2H3,(H,28,31). The van der Waals surface area contributed by atoms with Crippen LogP contribution in [-0.4, -0.2) is 41.6 Å².